The molecule has 110 valence electrons. The van der Waals surface area contributed by atoms with Crippen LogP contribution in [0.4, 0.5) is 0 Å². The lowest BCUT2D eigenvalue weighted by Gasteiger charge is -2.19. The largest absolute Gasteiger partial charge is 0.467 e. The predicted molar refractivity (Wildman–Crippen MR) is 73.5 cm³/mol. The van der Waals surface area contributed by atoms with Gasteiger partial charge in [0.25, 0.3) is 0 Å². The van der Waals surface area contributed by atoms with Crippen LogP contribution in [0.25, 0.3) is 0 Å². The van der Waals surface area contributed by atoms with Crippen LogP contribution in [0.1, 0.15) is 39.5 Å². The molecule has 0 spiro atoms. The quantitative estimate of drug-likeness (QED) is 0.378. The number of methoxy groups -OCH3 is 1. The second-order valence-corrected chi connectivity index (χ2v) is 4.95. The van der Waals surface area contributed by atoms with Crippen LogP contribution in [0.2, 0.25) is 0 Å². The number of aliphatic hydroxyl groups excluding tert-OH is 1. The number of nitrogens with one attached hydrogen (secondary N) is 1. The van der Waals surface area contributed by atoms with Gasteiger partial charge < -0.3 is 15.2 Å². The molecule has 0 aliphatic rings. The standard InChI is InChI=1S/C14H25NO4/c1-5-6-7-8-11(14(18)19-4)15-13(17)12(16)9-10(2)3/h5,10-12,16H,1,6-9H2,2-4H3,(H,15,17)/t11-,12-/m0/s1. The molecular weight excluding hydrogens is 246 g/mol. The maximum Gasteiger partial charge on any atom is 0.328 e. The number of hydrogen-bond acceptors (Lipinski definition) is 4. The Kier molecular flexibility index (Phi) is 8.87. The van der Waals surface area contributed by atoms with E-state index in [0.717, 1.165) is 12.8 Å². The van der Waals surface area contributed by atoms with Crippen LogP contribution in [-0.2, 0) is 14.3 Å². The second-order valence-electron chi connectivity index (χ2n) is 4.95. The normalized spacial score (nSPS) is 13.7. The molecule has 0 fully saturated rings. The Balaban J connectivity index is 4.40. The molecule has 0 rings (SSSR count). The Hall–Kier alpha value is -1.36. The van der Waals surface area contributed by atoms with Gasteiger partial charge in [-0.3, -0.25) is 4.79 Å². The Morgan fingerprint density at radius 1 is 1.42 bits per heavy atom. The van der Waals surface area contributed by atoms with Crippen molar-refractivity contribution < 1.29 is 19.4 Å². The zero-order valence-corrected chi connectivity index (χ0v) is 12.0. The summed E-state index contributed by atoms with van der Waals surface area (Å²) in [6, 6.07) is -0.709. The molecule has 0 radical (unpaired) electrons. The maximum atomic E-state index is 11.8. The van der Waals surface area contributed by atoms with Gasteiger partial charge >= 0.3 is 5.97 Å². The summed E-state index contributed by atoms with van der Waals surface area (Å²) in [5.74, 6) is -0.810. The van der Waals surface area contributed by atoms with E-state index in [9.17, 15) is 14.7 Å². The van der Waals surface area contributed by atoms with E-state index in [1.165, 1.54) is 7.11 Å². The fourth-order valence-corrected chi connectivity index (χ4v) is 1.68. The minimum atomic E-state index is -1.09. The Morgan fingerprint density at radius 3 is 2.53 bits per heavy atom. The summed E-state index contributed by atoms with van der Waals surface area (Å²) in [5.41, 5.74) is 0. The molecule has 0 aliphatic heterocycles. The van der Waals surface area contributed by atoms with Crippen molar-refractivity contribution in [3.05, 3.63) is 12.7 Å². The molecule has 0 saturated carbocycles. The first-order valence-electron chi connectivity index (χ1n) is 6.59. The number of carbonyl (C=O) groups is 2. The second kappa shape index (κ2) is 9.55. The van der Waals surface area contributed by atoms with Crippen molar-refractivity contribution in [3.8, 4) is 0 Å². The summed E-state index contributed by atoms with van der Waals surface area (Å²) < 4.78 is 4.64. The average molecular weight is 271 g/mol. The van der Waals surface area contributed by atoms with Crippen LogP contribution in [0.15, 0.2) is 12.7 Å². The smallest absolute Gasteiger partial charge is 0.328 e. The number of amides is 1. The molecule has 0 unspecified atom stereocenters. The topological polar surface area (TPSA) is 75.6 Å². The zero-order chi connectivity index (χ0) is 14.8. The van der Waals surface area contributed by atoms with Crippen molar-refractivity contribution >= 4 is 11.9 Å². The highest BCUT2D eigenvalue weighted by Crippen LogP contribution is 2.07. The van der Waals surface area contributed by atoms with Gasteiger partial charge in [-0.25, -0.2) is 4.79 Å². The Labute approximate surface area is 115 Å². The van der Waals surface area contributed by atoms with Crippen molar-refractivity contribution in [1.82, 2.24) is 5.32 Å². The van der Waals surface area contributed by atoms with Crippen molar-refractivity contribution in [2.24, 2.45) is 5.92 Å². The zero-order valence-electron chi connectivity index (χ0n) is 12.0. The van der Waals surface area contributed by atoms with E-state index in [-0.39, 0.29) is 5.92 Å². The molecule has 5 nitrogen and oxygen atoms in total. The monoisotopic (exact) mass is 271 g/mol. The SMILES string of the molecule is C=CCCC[C@H](NC(=O)[C@@H](O)CC(C)C)C(=O)OC. The number of ether oxygens (including phenoxy) is 1. The summed E-state index contributed by atoms with van der Waals surface area (Å²) in [6.45, 7) is 7.43. The molecule has 0 saturated heterocycles. The summed E-state index contributed by atoms with van der Waals surface area (Å²) in [4.78, 5) is 23.3. The number of unbranched alkanes of at least 4 members (excludes halogenated alkanes) is 1. The van der Waals surface area contributed by atoms with Gasteiger partial charge in [0, 0.05) is 0 Å². The molecule has 1 amide bonds. The van der Waals surface area contributed by atoms with E-state index in [2.05, 4.69) is 16.6 Å². The van der Waals surface area contributed by atoms with Gasteiger partial charge in [0.2, 0.25) is 5.91 Å². The van der Waals surface area contributed by atoms with Gasteiger partial charge in [0.1, 0.15) is 12.1 Å². The van der Waals surface area contributed by atoms with E-state index >= 15 is 0 Å². The number of esters is 1. The minimum Gasteiger partial charge on any atom is -0.467 e. The van der Waals surface area contributed by atoms with Crippen LogP contribution in [0.5, 0.6) is 0 Å². The highest BCUT2D eigenvalue weighted by molar-refractivity contribution is 5.86. The lowest BCUT2D eigenvalue weighted by atomic mass is 10.0. The minimum absolute atomic E-state index is 0.207. The average Bonchev–Trinajstić information content (AvgIpc) is 2.35. The van der Waals surface area contributed by atoms with Gasteiger partial charge in [-0.1, -0.05) is 19.9 Å². The van der Waals surface area contributed by atoms with Gasteiger partial charge in [-0.2, -0.15) is 0 Å². The fraction of sp³-hybridized carbons (Fsp3) is 0.714. The fourth-order valence-electron chi connectivity index (χ4n) is 1.68. The number of allylic oxidation sites excluding steroid dienone is 1. The maximum absolute atomic E-state index is 11.8. The van der Waals surface area contributed by atoms with E-state index in [4.69, 9.17) is 0 Å². The van der Waals surface area contributed by atoms with Crippen LogP contribution in [0.3, 0.4) is 0 Å². The van der Waals surface area contributed by atoms with E-state index in [0.29, 0.717) is 12.8 Å². The third kappa shape index (κ3) is 7.62. The highest BCUT2D eigenvalue weighted by Gasteiger charge is 2.24. The van der Waals surface area contributed by atoms with Gasteiger partial charge in [-0.05, 0) is 31.6 Å². The Bertz CT molecular complexity index is 302. The lowest BCUT2D eigenvalue weighted by Crippen LogP contribution is -2.46. The molecule has 0 aliphatic carbocycles. The summed E-state index contributed by atoms with van der Waals surface area (Å²) in [5, 5.41) is 12.2. The number of carbonyl (C=O) groups excluding carboxylic acids is 2. The van der Waals surface area contributed by atoms with Crippen LogP contribution in [0, 0.1) is 5.92 Å². The van der Waals surface area contributed by atoms with Crippen molar-refractivity contribution in [3.63, 3.8) is 0 Å². The van der Waals surface area contributed by atoms with E-state index in [1.807, 2.05) is 13.8 Å². The molecule has 0 aromatic heterocycles. The molecule has 5 heteroatoms. The summed E-state index contributed by atoms with van der Waals surface area (Å²) >= 11 is 0. The lowest BCUT2D eigenvalue weighted by molar-refractivity contribution is -0.146. The first kappa shape index (κ1) is 17.6. The van der Waals surface area contributed by atoms with Gasteiger partial charge in [0.05, 0.1) is 7.11 Å². The third-order valence-corrected chi connectivity index (χ3v) is 2.70. The summed E-state index contributed by atoms with van der Waals surface area (Å²) in [6.07, 6.45) is 2.99. The molecule has 2 N–H and O–H groups in total. The highest BCUT2D eigenvalue weighted by atomic mass is 16.5. The molecule has 0 heterocycles. The van der Waals surface area contributed by atoms with E-state index < -0.39 is 24.0 Å². The molecule has 2 atom stereocenters. The van der Waals surface area contributed by atoms with Gasteiger partial charge in [0.15, 0.2) is 0 Å². The predicted octanol–water partition coefficient (Wildman–Crippen LogP) is 1.41. The first-order chi connectivity index (χ1) is 8.92. The number of aliphatic hydroxyl groups is 1. The van der Waals surface area contributed by atoms with Gasteiger partial charge in [-0.15, -0.1) is 6.58 Å². The number of rotatable bonds is 9. The summed E-state index contributed by atoms with van der Waals surface area (Å²) in [7, 11) is 1.28. The van der Waals surface area contributed by atoms with Crippen molar-refractivity contribution in [2.45, 2.75) is 51.7 Å². The third-order valence-electron chi connectivity index (χ3n) is 2.70. The molecule has 0 bridgehead atoms. The molecular formula is C14H25NO4. The van der Waals surface area contributed by atoms with Crippen molar-refractivity contribution in [1.29, 1.82) is 0 Å². The van der Waals surface area contributed by atoms with E-state index in [1.54, 1.807) is 6.08 Å². The van der Waals surface area contributed by atoms with Crippen LogP contribution < -0.4 is 5.32 Å². The Morgan fingerprint density at radius 2 is 2.05 bits per heavy atom. The molecule has 0 aromatic rings. The number of hydrogen-bond donors (Lipinski definition) is 2. The van der Waals surface area contributed by atoms with Crippen LogP contribution in [-0.4, -0.2) is 36.2 Å². The molecule has 19 heavy (non-hydrogen) atoms. The van der Waals surface area contributed by atoms with Crippen LogP contribution >= 0.6 is 0 Å². The molecule has 0 aromatic carbocycles. The van der Waals surface area contributed by atoms with Crippen molar-refractivity contribution in [2.75, 3.05) is 7.11 Å². The first-order valence-corrected chi connectivity index (χ1v) is 6.59.